The van der Waals surface area contributed by atoms with Gasteiger partial charge in [-0.1, -0.05) is 6.07 Å². The quantitative estimate of drug-likeness (QED) is 0.596. The molecule has 13 heavy (non-hydrogen) atoms. The van der Waals surface area contributed by atoms with Crippen molar-refractivity contribution in [1.29, 1.82) is 5.26 Å². The van der Waals surface area contributed by atoms with E-state index in [4.69, 9.17) is 5.26 Å². The molecule has 1 aromatic heterocycles. The molecule has 0 amide bonds. The summed E-state index contributed by atoms with van der Waals surface area (Å²) >= 11 is 0. The summed E-state index contributed by atoms with van der Waals surface area (Å²) in [5.74, 6) is 0. The van der Waals surface area contributed by atoms with E-state index in [9.17, 15) is 0 Å². The predicted molar refractivity (Wildman–Crippen MR) is 52.4 cm³/mol. The van der Waals surface area contributed by atoms with E-state index in [1.807, 2.05) is 29.8 Å². The normalized spacial score (nSPS) is 10.2. The van der Waals surface area contributed by atoms with Gasteiger partial charge in [-0.05, 0) is 24.6 Å². The molecule has 0 fully saturated rings. The summed E-state index contributed by atoms with van der Waals surface area (Å²) < 4.78 is 2.05. The standard InChI is InChI=1S/C11H10N2/c1-8-7-13(2)11-5-9(6-12)3-4-10(8)11/h3-5,7H,1-2H3. The highest BCUT2D eigenvalue weighted by atomic mass is 14.9. The van der Waals surface area contributed by atoms with Crippen molar-refractivity contribution in [2.75, 3.05) is 0 Å². The van der Waals surface area contributed by atoms with Gasteiger partial charge in [0.2, 0.25) is 0 Å². The smallest absolute Gasteiger partial charge is 0.0992 e. The minimum Gasteiger partial charge on any atom is -0.350 e. The first-order chi connectivity index (χ1) is 6.22. The van der Waals surface area contributed by atoms with Crippen molar-refractivity contribution in [1.82, 2.24) is 4.57 Å². The van der Waals surface area contributed by atoms with Crippen LogP contribution in [0.25, 0.3) is 10.9 Å². The van der Waals surface area contributed by atoms with Crippen LogP contribution < -0.4 is 0 Å². The van der Waals surface area contributed by atoms with Gasteiger partial charge in [-0.15, -0.1) is 0 Å². The van der Waals surface area contributed by atoms with Crippen LogP contribution in [0.3, 0.4) is 0 Å². The second-order valence-corrected chi connectivity index (χ2v) is 3.27. The third kappa shape index (κ3) is 1.09. The SMILES string of the molecule is Cc1cn(C)c2cc(C#N)ccc12. The Hall–Kier alpha value is -1.75. The monoisotopic (exact) mass is 170 g/mol. The lowest BCUT2D eigenvalue weighted by Gasteiger charge is -1.95. The van der Waals surface area contributed by atoms with Crippen LogP contribution in [-0.4, -0.2) is 4.57 Å². The Morgan fingerprint density at radius 2 is 2.15 bits per heavy atom. The van der Waals surface area contributed by atoms with Crippen molar-refractivity contribution >= 4 is 10.9 Å². The third-order valence-electron chi connectivity index (χ3n) is 2.32. The zero-order chi connectivity index (χ0) is 9.42. The average molecular weight is 170 g/mol. The van der Waals surface area contributed by atoms with Gasteiger partial charge < -0.3 is 4.57 Å². The van der Waals surface area contributed by atoms with E-state index in [2.05, 4.69) is 19.2 Å². The maximum Gasteiger partial charge on any atom is 0.0992 e. The Labute approximate surface area is 77.0 Å². The number of hydrogen-bond acceptors (Lipinski definition) is 1. The second-order valence-electron chi connectivity index (χ2n) is 3.27. The molecule has 0 bridgehead atoms. The molecular formula is C11H10N2. The Morgan fingerprint density at radius 3 is 2.85 bits per heavy atom. The van der Waals surface area contributed by atoms with E-state index in [1.54, 1.807) is 0 Å². The molecule has 2 aromatic rings. The van der Waals surface area contributed by atoms with Gasteiger partial charge in [0.15, 0.2) is 0 Å². The fourth-order valence-corrected chi connectivity index (χ4v) is 1.66. The summed E-state index contributed by atoms with van der Waals surface area (Å²) in [4.78, 5) is 0. The summed E-state index contributed by atoms with van der Waals surface area (Å²) in [7, 11) is 2.00. The van der Waals surface area contributed by atoms with Gasteiger partial charge in [0, 0.05) is 24.1 Å². The molecule has 0 aliphatic heterocycles. The highest BCUT2D eigenvalue weighted by Crippen LogP contribution is 2.20. The Balaban J connectivity index is 2.86. The highest BCUT2D eigenvalue weighted by Gasteiger charge is 2.02. The van der Waals surface area contributed by atoms with Gasteiger partial charge in [0.1, 0.15) is 0 Å². The number of nitrogens with zero attached hydrogens (tertiary/aromatic N) is 2. The molecule has 0 spiro atoms. The minimum absolute atomic E-state index is 0.716. The van der Waals surface area contributed by atoms with Crippen molar-refractivity contribution in [3.63, 3.8) is 0 Å². The number of benzene rings is 1. The summed E-state index contributed by atoms with van der Waals surface area (Å²) in [5.41, 5.74) is 3.09. The molecule has 1 heterocycles. The van der Waals surface area contributed by atoms with Crippen LogP contribution in [0, 0.1) is 18.3 Å². The van der Waals surface area contributed by atoms with Gasteiger partial charge >= 0.3 is 0 Å². The maximum absolute atomic E-state index is 8.74. The fraction of sp³-hybridized carbons (Fsp3) is 0.182. The van der Waals surface area contributed by atoms with Crippen molar-refractivity contribution in [2.24, 2.45) is 7.05 Å². The van der Waals surface area contributed by atoms with E-state index >= 15 is 0 Å². The van der Waals surface area contributed by atoms with Crippen molar-refractivity contribution in [3.8, 4) is 6.07 Å². The zero-order valence-corrected chi connectivity index (χ0v) is 7.70. The van der Waals surface area contributed by atoms with Gasteiger partial charge in [-0.25, -0.2) is 0 Å². The van der Waals surface area contributed by atoms with E-state index in [1.165, 1.54) is 10.9 Å². The largest absolute Gasteiger partial charge is 0.350 e. The van der Waals surface area contributed by atoms with Crippen LogP contribution in [0.15, 0.2) is 24.4 Å². The van der Waals surface area contributed by atoms with Gasteiger partial charge in [-0.3, -0.25) is 0 Å². The summed E-state index contributed by atoms with van der Waals surface area (Å²) in [6, 6.07) is 7.92. The van der Waals surface area contributed by atoms with Crippen LogP contribution in [0.1, 0.15) is 11.1 Å². The third-order valence-corrected chi connectivity index (χ3v) is 2.32. The van der Waals surface area contributed by atoms with Gasteiger partial charge in [0.05, 0.1) is 11.6 Å². The number of nitriles is 1. The van der Waals surface area contributed by atoms with E-state index in [0.29, 0.717) is 5.56 Å². The fourth-order valence-electron chi connectivity index (χ4n) is 1.66. The minimum atomic E-state index is 0.716. The van der Waals surface area contributed by atoms with Crippen molar-refractivity contribution in [3.05, 3.63) is 35.5 Å². The molecule has 0 aliphatic carbocycles. The van der Waals surface area contributed by atoms with Crippen LogP contribution in [0.2, 0.25) is 0 Å². The van der Waals surface area contributed by atoms with E-state index in [-0.39, 0.29) is 0 Å². The molecule has 0 aliphatic rings. The van der Waals surface area contributed by atoms with Crippen LogP contribution >= 0.6 is 0 Å². The van der Waals surface area contributed by atoms with Crippen molar-refractivity contribution in [2.45, 2.75) is 6.92 Å². The topological polar surface area (TPSA) is 28.7 Å². The summed E-state index contributed by atoms with van der Waals surface area (Å²) in [6.45, 7) is 2.08. The number of aryl methyl sites for hydroxylation is 2. The molecule has 2 heteroatoms. The predicted octanol–water partition coefficient (Wildman–Crippen LogP) is 2.36. The molecule has 0 saturated carbocycles. The lowest BCUT2D eigenvalue weighted by Crippen LogP contribution is -1.84. The van der Waals surface area contributed by atoms with Crippen molar-refractivity contribution < 1.29 is 0 Å². The summed E-state index contributed by atoms with van der Waals surface area (Å²) in [5, 5.41) is 9.96. The number of hydrogen-bond donors (Lipinski definition) is 0. The molecule has 2 nitrogen and oxygen atoms in total. The Morgan fingerprint density at radius 1 is 1.38 bits per heavy atom. The highest BCUT2D eigenvalue weighted by molar-refractivity contribution is 5.84. The summed E-state index contributed by atoms with van der Waals surface area (Å²) in [6.07, 6.45) is 2.08. The zero-order valence-electron chi connectivity index (χ0n) is 7.70. The molecule has 0 radical (unpaired) electrons. The molecule has 0 N–H and O–H groups in total. The molecule has 64 valence electrons. The van der Waals surface area contributed by atoms with E-state index < -0.39 is 0 Å². The van der Waals surface area contributed by atoms with Crippen LogP contribution in [-0.2, 0) is 7.05 Å². The van der Waals surface area contributed by atoms with Gasteiger partial charge in [0.25, 0.3) is 0 Å². The average Bonchev–Trinajstić information content (AvgIpc) is 2.42. The Kier molecular flexibility index (Phi) is 1.60. The molecule has 2 rings (SSSR count). The van der Waals surface area contributed by atoms with Gasteiger partial charge in [-0.2, -0.15) is 5.26 Å². The van der Waals surface area contributed by atoms with Crippen LogP contribution in [0.5, 0.6) is 0 Å². The number of rotatable bonds is 0. The first kappa shape index (κ1) is 7.88. The lowest BCUT2D eigenvalue weighted by atomic mass is 10.1. The first-order valence-electron chi connectivity index (χ1n) is 4.18. The molecule has 1 aromatic carbocycles. The molecule has 0 unspecified atom stereocenters. The second kappa shape index (κ2) is 2.63. The Bertz CT molecular complexity index is 501. The maximum atomic E-state index is 8.74. The number of fused-ring (bicyclic) bond motifs is 1. The van der Waals surface area contributed by atoms with Crippen LogP contribution in [0.4, 0.5) is 0 Å². The molecule has 0 saturated heterocycles. The first-order valence-corrected chi connectivity index (χ1v) is 4.18. The molecule has 0 atom stereocenters. The lowest BCUT2D eigenvalue weighted by molar-refractivity contribution is 0.964. The van der Waals surface area contributed by atoms with E-state index in [0.717, 1.165) is 5.52 Å². The number of aromatic nitrogens is 1. The molecular weight excluding hydrogens is 160 g/mol.